The fraction of sp³-hybridized carbons (Fsp3) is 0.0909. The third-order valence-electron chi connectivity index (χ3n) is 4.19. The number of hydrazone groups is 1. The summed E-state index contributed by atoms with van der Waals surface area (Å²) >= 11 is 5.79. The number of nitrogens with one attached hydrogen (secondary N) is 2. The minimum atomic E-state index is -3.78. The minimum Gasteiger partial charge on any atom is -0.504 e. The van der Waals surface area contributed by atoms with E-state index in [2.05, 4.69) is 15.2 Å². The summed E-state index contributed by atoms with van der Waals surface area (Å²) < 4.78 is 32.6. The summed E-state index contributed by atoms with van der Waals surface area (Å²) in [5.41, 5.74) is 3.60. The molecule has 0 heterocycles. The number of carbonyl (C=O) groups is 1. The first-order chi connectivity index (χ1) is 15.3. The van der Waals surface area contributed by atoms with Crippen molar-refractivity contribution in [3.8, 4) is 11.5 Å². The molecule has 3 aromatic rings. The predicted molar refractivity (Wildman–Crippen MR) is 123 cm³/mol. The maximum Gasteiger partial charge on any atom is 0.271 e. The van der Waals surface area contributed by atoms with Crippen LogP contribution in [0.5, 0.6) is 11.5 Å². The lowest BCUT2D eigenvalue weighted by Crippen LogP contribution is -2.18. The molecule has 0 spiro atoms. The molecule has 3 N–H and O–H groups in total. The second-order valence-electron chi connectivity index (χ2n) is 6.50. The van der Waals surface area contributed by atoms with E-state index in [9.17, 15) is 18.3 Å². The molecule has 3 aromatic carbocycles. The number of nitrogens with zero attached hydrogens (tertiary/aromatic N) is 1. The molecule has 3 rings (SSSR count). The Balaban J connectivity index is 1.62. The lowest BCUT2D eigenvalue weighted by molar-refractivity contribution is 0.0955. The topological polar surface area (TPSA) is 117 Å². The Morgan fingerprint density at radius 3 is 2.44 bits per heavy atom. The largest absolute Gasteiger partial charge is 0.504 e. The van der Waals surface area contributed by atoms with Crippen LogP contribution in [0.15, 0.2) is 76.7 Å². The van der Waals surface area contributed by atoms with E-state index in [1.807, 2.05) is 0 Å². The summed E-state index contributed by atoms with van der Waals surface area (Å²) in [6, 6.07) is 16.3. The van der Waals surface area contributed by atoms with Gasteiger partial charge in [0.15, 0.2) is 11.5 Å². The quantitative estimate of drug-likeness (QED) is 0.337. The molecule has 0 saturated heterocycles. The number of sulfonamides is 1. The highest BCUT2D eigenvalue weighted by molar-refractivity contribution is 7.92. The molecular formula is C22H20ClN3O5S. The molecule has 32 heavy (non-hydrogen) atoms. The van der Waals surface area contributed by atoms with Crippen LogP contribution >= 0.6 is 11.6 Å². The molecular weight excluding hydrogens is 454 g/mol. The first-order valence-corrected chi connectivity index (χ1v) is 11.3. The maximum absolute atomic E-state index is 12.4. The average Bonchev–Trinajstić information content (AvgIpc) is 2.76. The van der Waals surface area contributed by atoms with Gasteiger partial charge < -0.3 is 9.84 Å². The standard InChI is InChI=1S/C22H20ClN3O5S/c1-2-31-21-13-15(3-12-20(21)27)14-24-25-22(28)16-4-8-18(9-5-16)26-32(29,30)19-10-6-17(23)7-11-19/h3-14,26-27H,2H2,1H3,(H,25,28)/b24-14+. The normalized spacial score (nSPS) is 11.3. The molecule has 10 heteroatoms. The second-order valence-corrected chi connectivity index (χ2v) is 8.61. The zero-order valence-electron chi connectivity index (χ0n) is 16.9. The minimum absolute atomic E-state index is 0.0137. The van der Waals surface area contributed by atoms with Crippen LogP contribution in [0.3, 0.4) is 0 Å². The van der Waals surface area contributed by atoms with Gasteiger partial charge in [-0.15, -0.1) is 0 Å². The van der Waals surface area contributed by atoms with E-state index in [-0.39, 0.29) is 16.2 Å². The first-order valence-electron chi connectivity index (χ1n) is 9.46. The number of amides is 1. The number of rotatable bonds is 8. The van der Waals surface area contributed by atoms with Gasteiger partial charge in [-0.2, -0.15) is 5.10 Å². The van der Waals surface area contributed by atoms with Crippen molar-refractivity contribution in [2.24, 2.45) is 5.10 Å². The smallest absolute Gasteiger partial charge is 0.271 e. The lowest BCUT2D eigenvalue weighted by Gasteiger charge is -2.09. The van der Waals surface area contributed by atoms with Crippen LogP contribution in [0, 0.1) is 0 Å². The van der Waals surface area contributed by atoms with Gasteiger partial charge in [-0.25, -0.2) is 13.8 Å². The van der Waals surface area contributed by atoms with Crippen molar-refractivity contribution < 1.29 is 23.1 Å². The van der Waals surface area contributed by atoms with Crippen LogP contribution in [0.4, 0.5) is 5.69 Å². The molecule has 166 valence electrons. The summed E-state index contributed by atoms with van der Waals surface area (Å²) in [6.45, 7) is 2.20. The van der Waals surface area contributed by atoms with Gasteiger partial charge in [-0.3, -0.25) is 9.52 Å². The van der Waals surface area contributed by atoms with Crippen LogP contribution in [0.2, 0.25) is 5.02 Å². The van der Waals surface area contributed by atoms with Gasteiger partial charge >= 0.3 is 0 Å². The van der Waals surface area contributed by atoms with E-state index in [1.165, 1.54) is 60.8 Å². The predicted octanol–water partition coefficient (Wildman–Crippen LogP) is 4.01. The number of phenols is 1. The lowest BCUT2D eigenvalue weighted by atomic mass is 10.2. The van der Waals surface area contributed by atoms with Gasteiger partial charge in [0.1, 0.15) is 0 Å². The molecule has 0 aliphatic carbocycles. The Hall–Kier alpha value is -3.56. The van der Waals surface area contributed by atoms with Gasteiger partial charge in [0.05, 0.1) is 17.7 Å². The zero-order chi connectivity index (χ0) is 23.1. The van der Waals surface area contributed by atoms with Gasteiger partial charge in [0, 0.05) is 16.3 Å². The van der Waals surface area contributed by atoms with Crippen molar-refractivity contribution in [3.63, 3.8) is 0 Å². The molecule has 0 bridgehead atoms. The Labute approximate surface area is 190 Å². The fourth-order valence-electron chi connectivity index (χ4n) is 2.63. The van der Waals surface area contributed by atoms with Crippen LogP contribution in [0.25, 0.3) is 0 Å². The van der Waals surface area contributed by atoms with Gasteiger partial charge in [0.25, 0.3) is 15.9 Å². The second kappa shape index (κ2) is 10.2. The molecule has 0 aliphatic heterocycles. The van der Waals surface area contributed by atoms with E-state index < -0.39 is 15.9 Å². The molecule has 0 unspecified atom stereocenters. The Morgan fingerprint density at radius 2 is 1.78 bits per heavy atom. The SMILES string of the molecule is CCOc1cc(/C=N/NC(=O)c2ccc(NS(=O)(=O)c3ccc(Cl)cc3)cc2)ccc1O. The van der Waals surface area contributed by atoms with Crippen molar-refractivity contribution in [3.05, 3.63) is 82.9 Å². The Kier molecular flexibility index (Phi) is 7.34. The summed E-state index contributed by atoms with van der Waals surface area (Å²) in [4.78, 5) is 12.3. The third-order valence-corrected chi connectivity index (χ3v) is 5.84. The zero-order valence-corrected chi connectivity index (χ0v) is 18.5. The van der Waals surface area contributed by atoms with Crippen LogP contribution < -0.4 is 14.9 Å². The van der Waals surface area contributed by atoms with Crippen LogP contribution in [0.1, 0.15) is 22.8 Å². The van der Waals surface area contributed by atoms with Crippen LogP contribution in [-0.4, -0.2) is 32.3 Å². The molecule has 0 saturated carbocycles. The number of halogens is 1. The van der Waals surface area contributed by atoms with E-state index >= 15 is 0 Å². The molecule has 0 fully saturated rings. The summed E-state index contributed by atoms with van der Waals surface area (Å²) in [7, 11) is -3.78. The molecule has 0 aliphatic rings. The highest BCUT2D eigenvalue weighted by Crippen LogP contribution is 2.26. The molecule has 0 atom stereocenters. The number of hydrogen-bond acceptors (Lipinski definition) is 6. The Bertz CT molecular complexity index is 1230. The number of phenolic OH excluding ortho intramolecular Hbond substituents is 1. The van der Waals surface area contributed by atoms with E-state index in [4.69, 9.17) is 16.3 Å². The van der Waals surface area contributed by atoms with Crippen molar-refractivity contribution >= 4 is 39.4 Å². The van der Waals surface area contributed by atoms with Gasteiger partial charge in [-0.05, 0) is 79.2 Å². The number of anilines is 1. The molecule has 1 amide bonds. The maximum atomic E-state index is 12.4. The van der Waals surface area contributed by atoms with E-state index in [1.54, 1.807) is 19.1 Å². The first kappa shape index (κ1) is 23.1. The van der Waals surface area contributed by atoms with E-state index in [0.717, 1.165) is 0 Å². The average molecular weight is 474 g/mol. The van der Waals surface area contributed by atoms with Gasteiger partial charge in [-0.1, -0.05) is 11.6 Å². The number of ether oxygens (including phenoxy) is 1. The summed E-state index contributed by atoms with van der Waals surface area (Å²) in [6.07, 6.45) is 1.41. The molecule has 8 nitrogen and oxygen atoms in total. The molecule has 0 aromatic heterocycles. The molecule has 0 radical (unpaired) electrons. The van der Waals surface area contributed by atoms with Crippen molar-refractivity contribution in [2.45, 2.75) is 11.8 Å². The van der Waals surface area contributed by atoms with Gasteiger partial charge in [0.2, 0.25) is 0 Å². The highest BCUT2D eigenvalue weighted by atomic mass is 35.5. The number of benzene rings is 3. The van der Waals surface area contributed by atoms with E-state index in [0.29, 0.717) is 28.6 Å². The summed E-state index contributed by atoms with van der Waals surface area (Å²) in [5, 5.41) is 14.0. The fourth-order valence-corrected chi connectivity index (χ4v) is 3.81. The monoisotopic (exact) mass is 473 g/mol. The number of carbonyl (C=O) groups excluding carboxylic acids is 1. The number of hydrogen-bond donors (Lipinski definition) is 3. The van der Waals surface area contributed by atoms with Crippen molar-refractivity contribution in [1.29, 1.82) is 0 Å². The van der Waals surface area contributed by atoms with Crippen LogP contribution in [-0.2, 0) is 10.0 Å². The number of aromatic hydroxyl groups is 1. The van der Waals surface area contributed by atoms with Crippen molar-refractivity contribution in [1.82, 2.24) is 5.43 Å². The van der Waals surface area contributed by atoms with Crippen molar-refractivity contribution in [2.75, 3.05) is 11.3 Å². The third kappa shape index (κ3) is 5.99. The summed E-state index contributed by atoms with van der Waals surface area (Å²) in [5.74, 6) is -0.142. The highest BCUT2D eigenvalue weighted by Gasteiger charge is 2.14. The Morgan fingerprint density at radius 1 is 1.09 bits per heavy atom.